The minimum absolute atomic E-state index is 0.661. The van der Waals surface area contributed by atoms with Crippen molar-refractivity contribution in [1.29, 1.82) is 0 Å². The van der Waals surface area contributed by atoms with Gasteiger partial charge in [-0.25, -0.2) is 9.97 Å². The second-order valence-corrected chi connectivity index (χ2v) is 8.02. The molecule has 1 aliphatic heterocycles. The number of rotatable bonds is 6. The number of hydrogen-bond acceptors (Lipinski definition) is 6. The molecular formula is C23H30N4O2. The zero-order valence-corrected chi connectivity index (χ0v) is 17.8. The highest BCUT2D eigenvalue weighted by molar-refractivity contribution is 5.95. The van der Waals surface area contributed by atoms with Crippen LogP contribution in [0.15, 0.2) is 28.7 Å². The van der Waals surface area contributed by atoms with Crippen LogP contribution >= 0.6 is 0 Å². The lowest BCUT2D eigenvalue weighted by Gasteiger charge is -2.31. The molecule has 2 aromatic heterocycles. The Morgan fingerprint density at radius 2 is 1.97 bits per heavy atom. The summed E-state index contributed by atoms with van der Waals surface area (Å²) in [5.74, 6) is 3.24. The van der Waals surface area contributed by atoms with E-state index in [1.165, 1.54) is 12.8 Å². The number of aryl methyl sites for hydroxylation is 3. The molecule has 1 aromatic carbocycles. The van der Waals surface area contributed by atoms with Gasteiger partial charge in [0, 0.05) is 23.3 Å². The Labute approximate surface area is 172 Å². The zero-order valence-electron chi connectivity index (χ0n) is 17.8. The number of ether oxygens (including phenoxy) is 1. The second kappa shape index (κ2) is 8.41. The molecule has 6 heteroatoms. The number of hydrogen-bond donors (Lipinski definition) is 1. The van der Waals surface area contributed by atoms with E-state index in [0.29, 0.717) is 5.92 Å². The van der Waals surface area contributed by atoms with E-state index in [1.807, 2.05) is 32.9 Å². The van der Waals surface area contributed by atoms with Crippen LogP contribution in [0.25, 0.3) is 10.9 Å². The Hall–Kier alpha value is -2.60. The lowest BCUT2D eigenvalue weighted by molar-refractivity contribution is 0.167. The van der Waals surface area contributed by atoms with Crippen molar-refractivity contribution in [3.8, 4) is 5.75 Å². The van der Waals surface area contributed by atoms with Gasteiger partial charge in [-0.1, -0.05) is 12.1 Å². The van der Waals surface area contributed by atoms with Gasteiger partial charge in [-0.05, 0) is 64.8 Å². The number of para-hydroxylation sites is 1. The summed E-state index contributed by atoms with van der Waals surface area (Å²) >= 11 is 0. The van der Waals surface area contributed by atoms with Crippen LogP contribution in [0, 0.1) is 26.7 Å². The van der Waals surface area contributed by atoms with Gasteiger partial charge < -0.3 is 14.5 Å². The highest BCUT2D eigenvalue weighted by atomic mass is 16.5. The topological polar surface area (TPSA) is 63.4 Å². The van der Waals surface area contributed by atoms with Crippen molar-refractivity contribution in [3.63, 3.8) is 0 Å². The first kappa shape index (κ1) is 19.7. The zero-order chi connectivity index (χ0) is 20.4. The number of pyridine rings is 1. The first-order valence-electron chi connectivity index (χ1n) is 10.4. The Bertz CT molecular complexity index is 970. The molecule has 0 atom stereocenters. The van der Waals surface area contributed by atoms with Crippen molar-refractivity contribution < 1.29 is 9.15 Å². The Kier molecular flexibility index (Phi) is 5.72. The molecule has 1 N–H and O–H groups in total. The van der Waals surface area contributed by atoms with Crippen molar-refractivity contribution in [2.75, 3.05) is 32.1 Å². The molecule has 1 fully saturated rings. The second-order valence-electron chi connectivity index (χ2n) is 8.02. The predicted molar refractivity (Wildman–Crippen MR) is 115 cm³/mol. The maximum Gasteiger partial charge on any atom is 0.208 e. The summed E-state index contributed by atoms with van der Waals surface area (Å²) in [5.41, 5.74) is 4.05. The molecule has 1 aliphatic rings. The molecule has 0 spiro atoms. The highest BCUT2D eigenvalue weighted by Crippen LogP contribution is 2.30. The van der Waals surface area contributed by atoms with Crippen LogP contribution in [0.3, 0.4) is 0 Å². The van der Waals surface area contributed by atoms with Gasteiger partial charge in [-0.3, -0.25) is 4.90 Å². The number of oxazole rings is 1. The third-order valence-electron chi connectivity index (χ3n) is 5.87. The molecule has 0 saturated carbocycles. The maximum atomic E-state index is 5.74. The third kappa shape index (κ3) is 4.37. The standard InChI is InChI=1S/C23H30N4O2/c1-15-12-20(19-6-5-7-21(28-4)23(19)25-15)24-13-18-8-10-27(11-9-18)14-22-26-16(2)17(3)29-22/h5-7,12,18H,8-11,13-14H2,1-4H3,(H,24,25). The first-order chi connectivity index (χ1) is 14.0. The quantitative estimate of drug-likeness (QED) is 0.665. The fourth-order valence-corrected chi connectivity index (χ4v) is 4.06. The summed E-state index contributed by atoms with van der Waals surface area (Å²) < 4.78 is 11.2. The van der Waals surface area contributed by atoms with Crippen LogP contribution < -0.4 is 10.1 Å². The van der Waals surface area contributed by atoms with Crippen LogP contribution in [0.4, 0.5) is 5.69 Å². The highest BCUT2D eigenvalue weighted by Gasteiger charge is 2.21. The normalized spacial score (nSPS) is 15.7. The van der Waals surface area contributed by atoms with Crippen LogP contribution in [0.1, 0.15) is 35.9 Å². The summed E-state index contributed by atoms with van der Waals surface area (Å²) in [4.78, 5) is 11.6. The number of benzene rings is 1. The van der Waals surface area contributed by atoms with E-state index in [1.54, 1.807) is 7.11 Å². The van der Waals surface area contributed by atoms with Gasteiger partial charge in [-0.2, -0.15) is 0 Å². The predicted octanol–water partition coefficient (Wildman–Crippen LogP) is 4.48. The summed E-state index contributed by atoms with van der Waals surface area (Å²) in [7, 11) is 1.69. The average Bonchev–Trinajstić information content (AvgIpc) is 3.03. The minimum Gasteiger partial charge on any atom is -0.494 e. The van der Waals surface area contributed by atoms with Crippen LogP contribution in [-0.4, -0.2) is 41.6 Å². The van der Waals surface area contributed by atoms with Crippen molar-refractivity contribution in [2.24, 2.45) is 5.92 Å². The van der Waals surface area contributed by atoms with E-state index in [2.05, 4.69) is 32.3 Å². The van der Waals surface area contributed by atoms with Gasteiger partial charge in [0.25, 0.3) is 0 Å². The number of fused-ring (bicyclic) bond motifs is 1. The fraction of sp³-hybridized carbons (Fsp3) is 0.478. The monoisotopic (exact) mass is 394 g/mol. The molecule has 0 amide bonds. The minimum atomic E-state index is 0.661. The SMILES string of the molecule is COc1cccc2c(NCC3CCN(Cc4nc(C)c(C)o4)CC3)cc(C)nc12. The number of likely N-dealkylation sites (tertiary alicyclic amines) is 1. The lowest BCUT2D eigenvalue weighted by atomic mass is 9.96. The van der Waals surface area contributed by atoms with Crippen LogP contribution in [-0.2, 0) is 6.54 Å². The Balaban J connectivity index is 1.36. The molecule has 6 nitrogen and oxygen atoms in total. The summed E-state index contributed by atoms with van der Waals surface area (Å²) in [6.45, 7) is 9.95. The summed E-state index contributed by atoms with van der Waals surface area (Å²) in [6, 6.07) is 8.22. The number of piperidine rings is 1. The molecule has 0 bridgehead atoms. The lowest BCUT2D eigenvalue weighted by Crippen LogP contribution is -2.35. The van der Waals surface area contributed by atoms with E-state index in [-0.39, 0.29) is 0 Å². The number of methoxy groups -OCH3 is 1. The van der Waals surface area contributed by atoms with Gasteiger partial charge in [0.2, 0.25) is 5.89 Å². The van der Waals surface area contributed by atoms with Crippen LogP contribution in [0.5, 0.6) is 5.75 Å². The van der Waals surface area contributed by atoms with Crippen molar-refractivity contribution in [1.82, 2.24) is 14.9 Å². The number of nitrogens with zero attached hydrogens (tertiary/aromatic N) is 3. The average molecular weight is 395 g/mol. The van der Waals surface area contributed by atoms with Gasteiger partial charge in [0.15, 0.2) is 0 Å². The fourth-order valence-electron chi connectivity index (χ4n) is 4.06. The largest absolute Gasteiger partial charge is 0.494 e. The van der Waals surface area contributed by atoms with Crippen LogP contribution in [0.2, 0.25) is 0 Å². The first-order valence-corrected chi connectivity index (χ1v) is 10.4. The number of anilines is 1. The molecule has 29 heavy (non-hydrogen) atoms. The summed E-state index contributed by atoms with van der Waals surface area (Å²) in [6.07, 6.45) is 2.36. The van der Waals surface area contributed by atoms with Crippen molar-refractivity contribution in [2.45, 2.75) is 40.2 Å². The molecule has 3 aromatic rings. The molecule has 0 aliphatic carbocycles. The van der Waals surface area contributed by atoms with E-state index >= 15 is 0 Å². The van der Waals surface area contributed by atoms with E-state index < -0.39 is 0 Å². The smallest absolute Gasteiger partial charge is 0.208 e. The molecular weight excluding hydrogens is 364 g/mol. The molecule has 1 saturated heterocycles. The van der Waals surface area contributed by atoms with Crippen molar-refractivity contribution >= 4 is 16.6 Å². The molecule has 3 heterocycles. The third-order valence-corrected chi connectivity index (χ3v) is 5.87. The van der Waals surface area contributed by atoms with Gasteiger partial charge in [0.05, 0.1) is 19.3 Å². The maximum absolute atomic E-state index is 5.74. The van der Waals surface area contributed by atoms with Gasteiger partial charge in [-0.15, -0.1) is 0 Å². The molecule has 4 rings (SSSR count). The Morgan fingerprint density at radius 1 is 1.17 bits per heavy atom. The number of nitrogens with one attached hydrogen (secondary N) is 1. The number of aromatic nitrogens is 2. The molecule has 0 radical (unpaired) electrons. The summed E-state index contributed by atoms with van der Waals surface area (Å²) in [5, 5.41) is 4.79. The van der Waals surface area contributed by atoms with E-state index in [4.69, 9.17) is 9.15 Å². The molecule has 0 unspecified atom stereocenters. The molecule has 154 valence electrons. The van der Waals surface area contributed by atoms with Crippen molar-refractivity contribution in [3.05, 3.63) is 47.3 Å². The Morgan fingerprint density at radius 3 is 2.66 bits per heavy atom. The van der Waals surface area contributed by atoms with Gasteiger partial charge in [0.1, 0.15) is 17.0 Å². The van der Waals surface area contributed by atoms with Gasteiger partial charge >= 0.3 is 0 Å². The van der Waals surface area contributed by atoms with E-state index in [0.717, 1.165) is 71.6 Å². The van der Waals surface area contributed by atoms with E-state index in [9.17, 15) is 0 Å².